The van der Waals surface area contributed by atoms with Gasteiger partial charge in [0.15, 0.2) is 5.84 Å². The summed E-state index contributed by atoms with van der Waals surface area (Å²) in [7, 11) is -3.95. The Bertz CT molecular complexity index is 1180. The van der Waals surface area contributed by atoms with E-state index in [1.165, 1.54) is 12.1 Å². The molecular formula is C20H15Br3N2O3S. The number of anilines is 1. The molecule has 9 heteroatoms. The van der Waals surface area contributed by atoms with Crippen LogP contribution in [0.15, 0.2) is 83.4 Å². The van der Waals surface area contributed by atoms with Gasteiger partial charge in [0.05, 0.1) is 24.0 Å². The summed E-state index contributed by atoms with van der Waals surface area (Å²) in [4.78, 5) is 0.102. The van der Waals surface area contributed by atoms with Crippen molar-refractivity contribution in [2.45, 2.75) is 11.8 Å². The maximum absolute atomic E-state index is 12.9. The number of benzene rings is 3. The van der Waals surface area contributed by atoms with Crippen LogP contribution in [0.5, 0.6) is 5.75 Å². The molecule has 3 aromatic rings. The SMILES string of the molecule is Cc1ccc(S(=O)(=O)N=C(Nc2cc(Br)c(O)c(Br)c2Br)c2ccccc2)cc1. The monoisotopic (exact) mass is 600 g/mol. The van der Waals surface area contributed by atoms with Crippen molar-refractivity contribution < 1.29 is 13.5 Å². The largest absolute Gasteiger partial charge is 0.506 e. The molecule has 0 heterocycles. The van der Waals surface area contributed by atoms with Gasteiger partial charge in [-0.2, -0.15) is 8.42 Å². The molecule has 0 amide bonds. The first-order valence-corrected chi connectivity index (χ1v) is 12.1. The summed E-state index contributed by atoms with van der Waals surface area (Å²) in [6.45, 7) is 1.88. The van der Waals surface area contributed by atoms with E-state index >= 15 is 0 Å². The number of halogens is 3. The number of nitrogens with zero attached hydrogens (tertiary/aromatic N) is 1. The highest BCUT2D eigenvalue weighted by Gasteiger charge is 2.18. The molecule has 0 spiro atoms. The van der Waals surface area contributed by atoms with E-state index in [0.717, 1.165) is 5.56 Å². The quantitative estimate of drug-likeness (QED) is 0.160. The number of amidine groups is 1. The molecule has 150 valence electrons. The average Bonchev–Trinajstić information content (AvgIpc) is 2.70. The summed E-state index contributed by atoms with van der Waals surface area (Å²) in [5, 5.41) is 13.1. The number of sulfonamides is 1. The maximum Gasteiger partial charge on any atom is 0.284 e. The van der Waals surface area contributed by atoms with Gasteiger partial charge < -0.3 is 10.4 Å². The molecule has 0 radical (unpaired) electrons. The van der Waals surface area contributed by atoms with Crippen molar-refractivity contribution in [2.75, 3.05) is 5.32 Å². The number of nitrogens with one attached hydrogen (secondary N) is 1. The van der Waals surface area contributed by atoms with Gasteiger partial charge in [0, 0.05) is 5.56 Å². The second-order valence-electron chi connectivity index (χ2n) is 6.10. The molecule has 3 aromatic carbocycles. The lowest BCUT2D eigenvalue weighted by molar-refractivity contribution is 0.468. The Labute approximate surface area is 194 Å². The third-order valence-corrected chi connectivity index (χ3v) is 7.99. The van der Waals surface area contributed by atoms with E-state index < -0.39 is 10.0 Å². The van der Waals surface area contributed by atoms with E-state index in [4.69, 9.17) is 0 Å². The maximum atomic E-state index is 12.9. The van der Waals surface area contributed by atoms with Gasteiger partial charge in [0.25, 0.3) is 10.0 Å². The molecule has 0 bridgehead atoms. The van der Waals surface area contributed by atoms with Gasteiger partial charge in [-0.3, -0.25) is 0 Å². The zero-order valence-corrected chi connectivity index (χ0v) is 20.6. The van der Waals surface area contributed by atoms with Crippen LogP contribution in [0.2, 0.25) is 0 Å². The van der Waals surface area contributed by atoms with Crippen molar-refractivity contribution in [3.05, 3.63) is 85.2 Å². The van der Waals surface area contributed by atoms with E-state index in [-0.39, 0.29) is 16.5 Å². The second-order valence-corrected chi connectivity index (χ2v) is 10.1. The summed E-state index contributed by atoms with van der Waals surface area (Å²) in [5.74, 6) is 0.171. The van der Waals surface area contributed by atoms with Gasteiger partial charge in [-0.1, -0.05) is 48.0 Å². The minimum atomic E-state index is -3.95. The van der Waals surface area contributed by atoms with E-state index in [9.17, 15) is 13.5 Å². The molecule has 0 unspecified atom stereocenters. The van der Waals surface area contributed by atoms with Crippen molar-refractivity contribution in [3.63, 3.8) is 0 Å². The van der Waals surface area contributed by atoms with Crippen molar-refractivity contribution >= 4 is 69.3 Å². The molecule has 0 saturated carbocycles. The fourth-order valence-corrected chi connectivity index (χ4v) is 4.93. The van der Waals surface area contributed by atoms with Gasteiger partial charge in [-0.15, -0.1) is 4.40 Å². The summed E-state index contributed by atoms with van der Waals surface area (Å²) >= 11 is 9.99. The Morgan fingerprint density at radius 1 is 0.966 bits per heavy atom. The number of hydrogen-bond acceptors (Lipinski definition) is 3. The Morgan fingerprint density at radius 3 is 2.21 bits per heavy atom. The van der Waals surface area contributed by atoms with Gasteiger partial charge in [-0.25, -0.2) is 0 Å². The second kappa shape index (κ2) is 8.99. The zero-order chi connectivity index (χ0) is 21.2. The highest BCUT2D eigenvalue weighted by molar-refractivity contribution is 9.13. The van der Waals surface area contributed by atoms with Crippen molar-refractivity contribution in [1.29, 1.82) is 0 Å². The first kappa shape index (κ1) is 22.0. The molecule has 5 nitrogen and oxygen atoms in total. The summed E-state index contributed by atoms with van der Waals surface area (Å²) in [6, 6.07) is 17.1. The number of rotatable bonds is 4. The van der Waals surface area contributed by atoms with Gasteiger partial charge in [0.2, 0.25) is 0 Å². The Balaban J connectivity index is 2.12. The number of aryl methyl sites for hydroxylation is 1. The van der Waals surface area contributed by atoms with E-state index in [2.05, 4.69) is 57.5 Å². The number of aromatic hydroxyl groups is 1. The van der Waals surface area contributed by atoms with Crippen LogP contribution in [0.4, 0.5) is 5.69 Å². The fourth-order valence-electron chi connectivity index (χ4n) is 2.43. The van der Waals surface area contributed by atoms with Crippen molar-refractivity contribution in [3.8, 4) is 5.75 Å². The van der Waals surface area contributed by atoms with Crippen LogP contribution in [0.25, 0.3) is 0 Å². The molecule has 29 heavy (non-hydrogen) atoms. The van der Waals surface area contributed by atoms with Gasteiger partial charge in [-0.05, 0) is 72.9 Å². The topological polar surface area (TPSA) is 78.8 Å². The predicted octanol–water partition coefficient (Wildman–Crippen LogP) is 6.24. The normalized spacial score (nSPS) is 12.1. The Hall–Kier alpha value is -1.68. The lowest BCUT2D eigenvalue weighted by atomic mass is 10.2. The minimum Gasteiger partial charge on any atom is -0.506 e. The Morgan fingerprint density at radius 2 is 1.59 bits per heavy atom. The van der Waals surface area contributed by atoms with E-state index in [1.807, 2.05) is 13.0 Å². The van der Waals surface area contributed by atoms with E-state index in [1.54, 1.807) is 42.5 Å². The summed E-state index contributed by atoms with van der Waals surface area (Å²) in [6.07, 6.45) is 0. The highest BCUT2D eigenvalue weighted by Crippen LogP contribution is 2.42. The highest BCUT2D eigenvalue weighted by atomic mass is 79.9. The van der Waals surface area contributed by atoms with Gasteiger partial charge >= 0.3 is 0 Å². The van der Waals surface area contributed by atoms with Crippen LogP contribution in [0, 0.1) is 6.92 Å². The number of hydrogen-bond donors (Lipinski definition) is 2. The molecule has 0 aromatic heterocycles. The fraction of sp³-hybridized carbons (Fsp3) is 0.0500. The Kier molecular flexibility index (Phi) is 6.83. The molecule has 0 atom stereocenters. The first-order valence-electron chi connectivity index (χ1n) is 8.29. The van der Waals surface area contributed by atoms with E-state index in [0.29, 0.717) is 24.7 Å². The van der Waals surface area contributed by atoms with Crippen LogP contribution >= 0.6 is 47.8 Å². The lowest BCUT2D eigenvalue weighted by Gasteiger charge is -2.14. The minimum absolute atomic E-state index is 0.0212. The smallest absolute Gasteiger partial charge is 0.284 e. The van der Waals surface area contributed by atoms with Crippen LogP contribution in [0.1, 0.15) is 11.1 Å². The van der Waals surface area contributed by atoms with Crippen LogP contribution < -0.4 is 5.32 Å². The van der Waals surface area contributed by atoms with Crippen LogP contribution in [-0.2, 0) is 10.0 Å². The van der Waals surface area contributed by atoms with Gasteiger partial charge in [0.1, 0.15) is 5.75 Å². The predicted molar refractivity (Wildman–Crippen MR) is 126 cm³/mol. The van der Waals surface area contributed by atoms with Crippen LogP contribution in [0.3, 0.4) is 0 Å². The molecule has 0 saturated heterocycles. The standard InChI is InChI=1S/C20H15Br3N2O3S/c1-12-7-9-14(10-8-12)29(27,28)25-20(13-5-3-2-4-6-13)24-16-11-15(21)19(26)18(23)17(16)22/h2-11,26H,1H3,(H,24,25). The zero-order valence-electron chi connectivity index (χ0n) is 15.0. The molecule has 0 aliphatic heterocycles. The number of phenols is 1. The average molecular weight is 603 g/mol. The first-order chi connectivity index (χ1) is 13.7. The molecule has 0 aliphatic rings. The van der Waals surface area contributed by atoms with Crippen molar-refractivity contribution in [1.82, 2.24) is 0 Å². The molecule has 0 fully saturated rings. The summed E-state index contributed by atoms with van der Waals surface area (Å²) < 4.78 is 31.2. The van der Waals surface area contributed by atoms with Crippen LogP contribution in [-0.4, -0.2) is 19.4 Å². The third kappa shape index (κ3) is 5.09. The van der Waals surface area contributed by atoms with Crippen molar-refractivity contribution in [2.24, 2.45) is 4.40 Å². The number of phenolic OH excluding ortho intramolecular Hbond substituents is 1. The molecule has 2 N–H and O–H groups in total. The molecule has 0 aliphatic carbocycles. The molecular weight excluding hydrogens is 588 g/mol. The summed E-state index contributed by atoms with van der Waals surface area (Å²) in [5.41, 5.74) is 2.07. The lowest BCUT2D eigenvalue weighted by Crippen LogP contribution is -2.17. The third-order valence-electron chi connectivity index (χ3n) is 3.96. The molecule has 3 rings (SSSR count).